The number of hydrogen-bond donors (Lipinski definition) is 1. The van der Waals surface area contributed by atoms with Crippen molar-refractivity contribution in [3.63, 3.8) is 0 Å². The Balaban J connectivity index is 1.71. The molecule has 0 aliphatic heterocycles. The molecular weight excluding hydrogens is 459 g/mol. The van der Waals surface area contributed by atoms with Crippen LogP contribution in [-0.2, 0) is 0 Å². The van der Waals surface area contributed by atoms with Gasteiger partial charge in [-0.2, -0.15) is 5.10 Å². The van der Waals surface area contributed by atoms with Gasteiger partial charge in [-0.05, 0) is 48.0 Å². The molecule has 0 radical (unpaired) electrons. The van der Waals surface area contributed by atoms with Crippen molar-refractivity contribution in [3.8, 4) is 11.4 Å². The van der Waals surface area contributed by atoms with Gasteiger partial charge in [-0.15, -0.1) is 0 Å². The molecule has 28 heavy (non-hydrogen) atoms. The van der Waals surface area contributed by atoms with Crippen molar-refractivity contribution in [2.24, 2.45) is 5.10 Å². The molecule has 0 bridgehead atoms. The Hall–Kier alpha value is -2.47. The van der Waals surface area contributed by atoms with Gasteiger partial charge in [0.15, 0.2) is 11.6 Å². The normalized spacial score (nSPS) is 11.2. The molecule has 0 spiro atoms. The molecule has 0 saturated heterocycles. The van der Waals surface area contributed by atoms with Crippen LogP contribution in [-0.4, -0.2) is 16.2 Å². The topological polar surface area (TPSA) is 50.2 Å². The number of hydrazone groups is 1. The summed E-state index contributed by atoms with van der Waals surface area (Å²) in [5.74, 6) is 1.15. The SMILES string of the molecule is Clc1ccc(-c2nc(N/N=C\c3ccc(Br)cc3)c3ccccc3n2)cc1Cl. The molecule has 0 saturated carbocycles. The number of hydrogen-bond acceptors (Lipinski definition) is 4. The van der Waals surface area contributed by atoms with Crippen molar-refractivity contribution < 1.29 is 0 Å². The van der Waals surface area contributed by atoms with Gasteiger partial charge in [0.05, 0.1) is 21.8 Å². The van der Waals surface area contributed by atoms with Gasteiger partial charge in [-0.25, -0.2) is 9.97 Å². The minimum atomic E-state index is 0.457. The van der Waals surface area contributed by atoms with Crippen molar-refractivity contribution in [1.82, 2.24) is 9.97 Å². The highest BCUT2D eigenvalue weighted by Crippen LogP contribution is 2.29. The number of nitrogens with zero attached hydrogens (tertiary/aromatic N) is 3. The lowest BCUT2D eigenvalue weighted by molar-refractivity contribution is 1.19. The summed E-state index contributed by atoms with van der Waals surface area (Å²) < 4.78 is 1.02. The second kappa shape index (κ2) is 8.27. The van der Waals surface area contributed by atoms with Gasteiger partial charge in [0, 0.05) is 15.4 Å². The van der Waals surface area contributed by atoms with Crippen molar-refractivity contribution >= 4 is 62.1 Å². The summed E-state index contributed by atoms with van der Waals surface area (Å²) in [4.78, 5) is 9.28. The Morgan fingerprint density at radius 3 is 2.46 bits per heavy atom. The second-order valence-electron chi connectivity index (χ2n) is 5.96. The van der Waals surface area contributed by atoms with Crippen molar-refractivity contribution in [3.05, 3.63) is 86.8 Å². The van der Waals surface area contributed by atoms with Crippen LogP contribution in [0.2, 0.25) is 10.0 Å². The van der Waals surface area contributed by atoms with E-state index in [-0.39, 0.29) is 0 Å². The van der Waals surface area contributed by atoms with E-state index in [9.17, 15) is 0 Å². The number of nitrogens with one attached hydrogen (secondary N) is 1. The zero-order valence-corrected chi connectivity index (χ0v) is 17.5. The summed E-state index contributed by atoms with van der Waals surface area (Å²) in [6, 6.07) is 20.9. The van der Waals surface area contributed by atoms with Gasteiger partial charge in [0.2, 0.25) is 0 Å². The number of para-hydroxylation sites is 1. The van der Waals surface area contributed by atoms with Gasteiger partial charge in [0.1, 0.15) is 0 Å². The van der Waals surface area contributed by atoms with Gasteiger partial charge in [-0.1, -0.05) is 63.4 Å². The van der Waals surface area contributed by atoms with E-state index in [0.29, 0.717) is 21.7 Å². The first kappa shape index (κ1) is 18.9. The van der Waals surface area contributed by atoms with Gasteiger partial charge in [0.25, 0.3) is 0 Å². The molecule has 138 valence electrons. The summed E-state index contributed by atoms with van der Waals surface area (Å²) in [6.07, 6.45) is 1.74. The van der Waals surface area contributed by atoms with Crippen LogP contribution >= 0.6 is 39.1 Å². The smallest absolute Gasteiger partial charge is 0.162 e. The van der Waals surface area contributed by atoms with Gasteiger partial charge >= 0.3 is 0 Å². The van der Waals surface area contributed by atoms with E-state index in [4.69, 9.17) is 23.2 Å². The molecule has 4 nitrogen and oxygen atoms in total. The summed E-state index contributed by atoms with van der Waals surface area (Å²) in [6.45, 7) is 0. The molecule has 3 aromatic carbocycles. The van der Waals surface area contributed by atoms with Crippen LogP contribution in [0.3, 0.4) is 0 Å². The lowest BCUT2D eigenvalue weighted by atomic mass is 10.2. The van der Waals surface area contributed by atoms with Crippen molar-refractivity contribution in [2.45, 2.75) is 0 Å². The first-order valence-corrected chi connectivity index (χ1v) is 9.92. The summed E-state index contributed by atoms with van der Waals surface area (Å²) in [5, 5.41) is 6.15. The third kappa shape index (κ3) is 4.17. The molecule has 0 aliphatic carbocycles. The monoisotopic (exact) mass is 470 g/mol. The zero-order chi connectivity index (χ0) is 19.5. The van der Waals surface area contributed by atoms with E-state index >= 15 is 0 Å². The van der Waals surface area contributed by atoms with Gasteiger partial charge < -0.3 is 0 Å². The maximum Gasteiger partial charge on any atom is 0.162 e. The lowest BCUT2D eigenvalue weighted by Crippen LogP contribution is -1.99. The minimum Gasteiger partial charge on any atom is -0.261 e. The van der Waals surface area contributed by atoms with E-state index in [2.05, 4.69) is 36.4 Å². The van der Waals surface area contributed by atoms with E-state index in [1.165, 1.54) is 0 Å². The third-order valence-corrected chi connectivity index (χ3v) is 5.30. The second-order valence-corrected chi connectivity index (χ2v) is 7.69. The lowest BCUT2D eigenvalue weighted by Gasteiger charge is -2.09. The highest BCUT2D eigenvalue weighted by atomic mass is 79.9. The molecule has 1 aromatic heterocycles. The van der Waals surface area contributed by atoms with E-state index < -0.39 is 0 Å². The van der Waals surface area contributed by atoms with Crippen LogP contribution in [0.25, 0.3) is 22.3 Å². The van der Waals surface area contributed by atoms with Crippen molar-refractivity contribution in [2.75, 3.05) is 5.43 Å². The Kier molecular flexibility index (Phi) is 5.57. The molecule has 4 rings (SSSR count). The predicted octanol–water partition coefficient (Wildman–Crippen LogP) is 6.81. The van der Waals surface area contributed by atoms with E-state index in [0.717, 1.165) is 26.5 Å². The molecule has 4 aromatic rings. The highest BCUT2D eigenvalue weighted by molar-refractivity contribution is 9.10. The Bertz CT molecular complexity index is 1180. The number of anilines is 1. The fourth-order valence-corrected chi connectivity index (χ4v) is 3.21. The minimum absolute atomic E-state index is 0.457. The van der Waals surface area contributed by atoms with Crippen LogP contribution in [0.1, 0.15) is 5.56 Å². The number of halogens is 3. The number of benzene rings is 3. The summed E-state index contributed by atoms with van der Waals surface area (Å²) >= 11 is 15.6. The molecule has 0 atom stereocenters. The molecule has 7 heteroatoms. The van der Waals surface area contributed by atoms with Crippen LogP contribution in [0, 0.1) is 0 Å². The first-order valence-electron chi connectivity index (χ1n) is 8.37. The molecule has 1 N–H and O–H groups in total. The standard InChI is InChI=1S/C21H13BrCl2N4/c22-15-8-5-13(6-9-15)12-25-28-21-16-3-1-2-4-19(16)26-20(27-21)14-7-10-17(23)18(24)11-14/h1-12H,(H,26,27,28)/b25-12-. The Labute approximate surface area is 180 Å². The molecule has 1 heterocycles. The summed E-state index contributed by atoms with van der Waals surface area (Å²) in [7, 11) is 0. The van der Waals surface area contributed by atoms with E-state index in [1.54, 1.807) is 18.3 Å². The van der Waals surface area contributed by atoms with Crippen LogP contribution in [0.15, 0.2) is 76.3 Å². The molecule has 0 fully saturated rings. The van der Waals surface area contributed by atoms with Crippen LogP contribution < -0.4 is 5.43 Å². The number of aromatic nitrogens is 2. The molecule has 0 aliphatic rings. The predicted molar refractivity (Wildman–Crippen MR) is 120 cm³/mol. The maximum absolute atomic E-state index is 6.15. The third-order valence-electron chi connectivity index (χ3n) is 4.04. The average molecular weight is 472 g/mol. The Morgan fingerprint density at radius 1 is 0.893 bits per heavy atom. The van der Waals surface area contributed by atoms with E-state index in [1.807, 2.05) is 54.6 Å². The fourth-order valence-electron chi connectivity index (χ4n) is 2.64. The number of fused-ring (bicyclic) bond motifs is 1. The molecule has 0 unspecified atom stereocenters. The number of rotatable bonds is 4. The average Bonchev–Trinajstić information content (AvgIpc) is 2.71. The zero-order valence-electron chi connectivity index (χ0n) is 14.4. The van der Waals surface area contributed by atoms with Crippen LogP contribution in [0.4, 0.5) is 5.82 Å². The van der Waals surface area contributed by atoms with Crippen LogP contribution in [0.5, 0.6) is 0 Å². The van der Waals surface area contributed by atoms with Crippen molar-refractivity contribution in [1.29, 1.82) is 0 Å². The quantitative estimate of drug-likeness (QED) is 0.262. The highest BCUT2D eigenvalue weighted by Gasteiger charge is 2.10. The maximum atomic E-state index is 6.15. The molecule has 0 amide bonds. The summed E-state index contributed by atoms with van der Waals surface area (Å²) in [5.41, 5.74) is 5.59. The fraction of sp³-hybridized carbons (Fsp3) is 0. The first-order chi connectivity index (χ1) is 13.6. The van der Waals surface area contributed by atoms with Gasteiger partial charge in [-0.3, -0.25) is 5.43 Å². The molecular formula is C21H13BrCl2N4. The largest absolute Gasteiger partial charge is 0.261 e. The Morgan fingerprint density at radius 2 is 1.68 bits per heavy atom.